The minimum atomic E-state index is -0.570. The number of carbonyl (C=O) groups is 2. The molecule has 0 saturated heterocycles. The lowest BCUT2D eigenvalue weighted by molar-refractivity contribution is -0.149. The molecule has 1 amide bonds. The molecular formula is C29H31ClN4O4. The van der Waals surface area contributed by atoms with Crippen molar-refractivity contribution in [3.63, 3.8) is 0 Å². The Balaban J connectivity index is 1.64. The zero-order valence-corrected chi connectivity index (χ0v) is 22.7. The SMILES string of the molecule is CCOC(=O)C(C(C)C)n1cc2c(n1)c(Cl)nc1cc(CO/C(=C\c3ccccc3C)CNC=O)ccc12. The second-order valence-electron chi connectivity index (χ2n) is 9.32. The van der Waals surface area contributed by atoms with Crippen LogP contribution in [0.1, 0.15) is 43.5 Å². The molecule has 38 heavy (non-hydrogen) atoms. The Bertz CT molecular complexity index is 1500. The third-order valence-corrected chi connectivity index (χ3v) is 6.50. The van der Waals surface area contributed by atoms with Crippen molar-refractivity contribution in [3.05, 3.63) is 76.3 Å². The number of rotatable bonds is 11. The molecule has 2 aromatic heterocycles. The van der Waals surface area contributed by atoms with Gasteiger partial charge in [0.15, 0.2) is 11.2 Å². The molecule has 0 fully saturated rings. The molecular weight excluding hydrogens is 504 g/mol. The van der Waals surface area contributed by atoms with E-state index < -0.39 is 6.04 Å². The highest BCUT2D eigenvalue weighted by molar-refractivity contribution is 6.35. The number of nitrogens with one attached hydrogen (secondary N) is 1. The third-order valence-electron chi connectivity index (χ3n) is 6.23. The van der Waals surface area contributed by atoms with E-state index >= 15 is 0 Å². The highest BCUT2D eigenvalue weighted by atomic mass is 35.5. The Hall–Kier alpha value is -3.91. The summed E-state index contributed by atoms with van der Waals surface area (Å²) in [6, 6.07) is 13.2. The van der Waals surface area contributed by atoms with Gasteiger partial charge in [0.05, 0.1) is 18.7 Å². The number of carbonyl (C=O) groups excluding carboxylic acids is 2. The summed E-state index contributed by atoms with van der Waals surface area (Å²) in [6.07, 6.45) is 4.40. The van der Waals surface area contributed by atoms with Gasteiger partial charge in [-0.15, -0.1) is 0 Å². The average Bonchev–Trinajstić information content (AvgIpc) is 3.32. The fraction of sp³-hybridized carbons (Fsp3) is 0.310. The van der Waals surface area contributed by atoms with Gasteiger partial charge in [-0.1, -0.05) is 61.8 Å². The molecule has 0 spiro atoms. The number of hydrogen-bond donors (Lipinski definition) is 1. The van der Waals surface area contributed by atoms with Crippen molar-refractivity contribution in [2.45, 2.75) is 40.3 Å². The van der Waals surface area contributed by atoms with E-state index in [1.165, 1.54) is 0 Å². The van der Waals surface area contributed by atoms with E-state index in [0.29, 0.717) is 29.8 Å². The van der Waals surface area contributed by atoms with Gasteiger partial charge < -0.3 is 14.8 Å². The van der Waals surface area contributed by atoms with Crippen LogP contribution >= 0.6 is 11.6 Å². The summed E-state index contributed by atoms with van der Waals surface area (Å²) >= 11 is 6.53. The molecule has 1 atom stereocenters. The number of nitrogens with zero attached hydrogens (tertiary/aromatic N) is 3. The first-order valence-electron chi connectivity index (χ1n) is 12.5. The second-order valence-corrected chi connectivity index (χ2v) is 9.68. The smallest absolute Gasteiger partial charge is 0.331 e. The summed E-state index contributed by atoms with van der Waals surface area (Å²) in [6.45, 7) is 8.55. The van der Waals surface area contributed by atoms with E-state index in [1.54, 1.807) is 11.6 Å². The molecule has 0 aliphatic heterocycles. The van der Waals surface area contributed by atoms with Gasteiger partial charge >= 0.3 is 5.97 Å². The quantitative estimate of drug-likeness (QED) is 0.116. The van der Waals surface area contributed by atoms with Gasteiger partial charge in [0.1, 0.15) is 17.9 Å². The maximum Gasteiger partial charge on any atom is 0.331 e. The van der Waals surface area contributed by atoms with Gasteiger partial charge in [-0.05, 0) is 48.6 Å². The molecule has 8 nitrogen and oxygen atoms in total. The minimum absolute atomic E-state index is 0.0271. The molecule has 4 rings (SSSR count). The van der Waals surface area contributed by atoms with Gasteiger partial charge in [-0.25, -0.2) is 9.78 Å². The topological polar surface area (TPSA) is 95.3 Å². The first kappa shape index (κ1) is 27.1. The normalized spacial score (nSPS) is 12.6. The molecule has 0 aliphatic rings. The summed E-state index contributed by atoms with van der Waals surface area (Å²) < 4.78 is 13.0. The maximum atomic E-state index is 12.6. The van der Waals surface area contributed by atoms with Gasteiger partial charge in [0, 0.05) is 17.0 Å². The van der Waals surface area contributed by atoms with Gasteiger partial charge in [-0.2, -0.15) is 5.10 Å². The number of esters is 1. The van der Waals surface area contributed by atoms with E-state index in [9.17, 15) is 9.59 Å². The van der Waals surface area contributed by atoms with Crippen LogP contribution in [0.2, 0.25) is 5.15 Å². The number of halogens is 1. The Morgan fingerprint density at radius 3 is 2.66 bits per heavy atom. The summed E-state index contributed by atoms with van der Waals surface area (Å²) in [7, 11) is 0. The first-order valence-corrected chi connectivity index (χ1v) is 12.9. The van der Waals surface area contributed by atoms with Crippen molar-refractivity contribution in [2.75, 3.05) is 13.2 Å². The first-order chi connectivity index (χ1) is 18.3. The summed E-state index contributed by atoms with van der Waals surface area (Å²) in [5.74, 6) is 0.274. The molecule has 0 aliphatic carbocycles. The number of amides is 1. The molecule has 9 heteroatoms. The van der Waals surface area contributed by atoms with E-state index in [2.05, 4.69) is 15.4 Å². The Kier molecular flexibility index (Phi) is 8.63. The molecule has 2 heterocycles. The summed E-state index contributed by atoms with van der Waals surface area (Å²) in [4.78, 5) is 28.1. The molecule has 0 bridgehead atoms. The minimum Gasteiger partial charge on any atom is -0.491 e. The van der Waals surface area contributed by atoms with Crippen LogP contribution in [-0.4, -0.2) is 40.3 Å². The molecule has 4 aromatic rings. The number of fused-ring (bicyclic) bond motifs is 3. The van der Waals surface area contributed by atoms with Crippen LogP contribution < -0.4 is 5.32 Å². The zero-order valence-electron chi connectivity index (χ0n) is 21.9. The maximum absolute atomic E-state index is 12.6. The third kappa shape index (κ3) is 5.97. The largest absolute Gasteiger partial charge is 0.491 e. The van der Waals surface area contributed by atoms with Crippen LogP contribution in [0.15, 0.2) is 54.4 Å². The van der Waals surface area contributed by atoms with Crippen LogP contribution in [0.5, 0.6) is 0 Å². The van der Waals surface area contributed by atoms with E-state index in [-0.39, 0.29) is 30.2 Å². The number of hydrogen-bond acceptors (Lipinski definition) is 6. The van der Waals surface area contributed by atoms with Gasteiger partial charge in [-0.3, -0.25) is 9.48 Å². The second kappa shape index (κ2) is 12.1. The van der Waals surface area contributed by atoms with E-state index in [4.69, 9.17) is 21.1 Å². The lowest BCUT2D eigenvalue weighted by Crippen LogP contribution is -2.27. The number of benzene rings is 2. The highest BCUT2D eigenvalue weighted by Gasteiger charge is 2.27. The predicted octanol–water partition coefficient (Wildman–Crippen LogP) is 5.61. The van der Waals surface area contributed by atoms with Crippen molar-refractivity contribution in [2.24, 2.45) is 5.92 Å². The zero-order chi connectivity index (χ0) is 27.2. The number of aromatic nitrogens is 3. The monoisotopic (exact) mass is 534 g/mol. The summed E-state index contributed by atoms with van der Waals surface area (Å²) in [5.41, 5.74) is 4.24. The number of aryl methyl sites for hydroxylation is 1. The number of pyridine rings is 1. The molecule has 1 N–H and O–H groups in total. The van der Waals surface area contributed by atoms with E-state index in [0.717, 1.165) is 27.5 Å². The standard InChI is InChI=1S/C29H31ClN4O4/c1-5-37-29(36)27(18(2)3)34-15-24-23-11-10-20(12-25(23)32-28(30)26(24)33-34)16-38-22(14-31-17-35)13-21-9-7-6-8-19(21)4/h6-13,15,17-18,27H,5,14,16H2,1-4H3,(H,31,35)/b22-13-. The van der Waals surface area contributed by atoms with Gasteiger partial charge in [0.2, 0.25) is 6.41 Å². The fourth-order valence-electron chi connectivity index (χ4n) is 4.33. The van der Waals surface area contributed by atoms with Crippen LogP contribution in [0.25, 0.3) is 27.9 Å². The lowest BCUT2D eigenvalue weighted by Gasteiger charge is -2.19. The van der Waals surface area contributed by atoms with Crippen molar-refractivity contribution in [1.29, 1.82) is 0 Å². The van der Waals surface area contributed by atoms with Gasteiger partial charge in [0.25, 0.3) is 0 Å². The van der Waals surface area contributed by atoms with Crippen LogP contribution in [0.3, 0.4) is 0 Å². The molecule has 1 unspecified atom stereocenters. The van der Waals surface area contributed by atoms with Crippen LogP contribution in [-0.2, 0) is 25.7 Å². The summed E-state index contributed by atoms with van der Waals surface area (Å²) in [5, 5.41) is 9.19. The van der Waals surface area contributed by atoms with Crippen molar-refractivity contribution in [3.8, 4) is 0 Å². The highest BCUT2D eigenvalue weighted by Crippen LogP contribution is 2.31. The lowest BCUT2D eigenvalue weighted by atomic mass is 10.1. The Labute approximate surface area is 226 Å². The Morgan fingerprint density at radius 1 is 1.16 bits per heavy atom. The van der Waals surface area contributed by atoms with Crippen LogP contribution in [0.4, 0.5) is 0 Å². The van der Waals surface area contributed by atoms with Crippen LogP contribution in [0, 0.1) is 12.8 Å². The van der Waals surface area contributed by atoms with E-state index in [1.807, 2.05) is 75.5 Å². The Morgan fingerprint density at radius 2 is 1.95 bits per heavy atom. The average molecular weight is 535 g/mol. The fourth-order valence-corrected chi connectivity index (χ4v) is 4.56. The molecule has 198 valence electrons. The molecule has 2 aromatic carbocycles. The number of ether oxygens (including phenoxy) is 2. The van der Waals surface area contributed by atoms with Crippen molar-refractivity contribution >= 4 is 51.9 Å². The van der Waals surface area contributed by atoms with Crippen molar-refractivity contribution in [1.82, 2.24) is 20.1 Å². The predicted molar refractivity (Wildman–Crippen MR) is 149 cm³/mol. The van der Waals surface area contributed by atoms with Crippen molar-refractivity contribution < 1.29 is 19.1 Å². The molecule has 0 saturated carbocycles. The molecule has 0 radical (unpaired) electrons.